The molecule has 0 radical (unpaired) electrons. The predicted molar refractivity (Wildman–Crippen MR) is 65.6 cm³/mol. The van der Waals surface area contributed by atoms with Crippen molar-refractivity contribution in [2.24, 2.45) is 5.73 Å². The van der Waals surface area contributed by atoms with Gasteiger partial charge in [-0.1, -0.05) is 0 Å². The Balaban J connectivity index is 2.32. The minimum atomic E-state index is -0.541. The van der Waals surface area contributed by atoms with E-state index in [2.05, 4.69) is 12.6 Å². The maximum Gasteiger partial charge on any atom is 0.323 e. The van der Waals surface area contributed by atoms with Crippen molar-refractivity contribution in [3.63, 3.8) is 0 Å². The van der Waals surface area contributed by atoms with Crippen molar-refractivity contribution in [3.8, 4) is 0 Å². The second-order valence-corrected chi connectivity index (χ2v) is 4.65. The van der Waals surface area contributed by atoms with E-state index in [0.717, 1.165) is 25.7 Å². The molecule has 1 aliphatic rings. The summed E-state index contributed by atoms with van der Waals surface area (Å²) in [5.74, 6) is 0.289. The lowest BCUT2D eigenvalue weighted by Gasteiger charge is -2.28. The number of rotatable bonds is 5. The first-order valence-electron chi connectivity index (χ1n) is 5.77. The number of carbonyl (C=O) groups is 1. The van der Waals surface area contributed by atoms with E-state index in [0.29, 0.717) is 12.2 Å². The van der Waals surface area contributed by atoms with E-state index in [4.69, 9.17) is 15.2 Å². The zero-order valence-electron chi connectivity index (χ0n) is 9.72. The summed E-state index contributed by atoms with van der Waals surface area (Å²) in [6.07, 6.45) is 4.54. The number of nitrogens with two attached hydrogens (primary N) is 1. The highest BCUT2D eigenvalue weighted by Crippen LogP contribution is 2.23. The standard InChI is InChI=1S/C11H21NO3S/c1-14-8-3-2-4-9(7-8)15-11(13)10(12)5-6-16/h8-10,16H,2-7,12H2,1H3. The third-order valence-electron chi connectivity index (χ3n) is 2.94. The maximum absolute atomic E-state index is 11.6. The third-order valence-corrected chi connectivity index (χ3v) is 3.20. The van der Waals surface area contributed by atoms with Gasteiger partial charge in [0, 0.05) is 13.5 Å². The molecule has 0 saturated heterocycles. The molecule has 0 aromatic carbocycles. The van der Waals surface area contributed by atoms with Gasteiger partial charge >= 0.3 is 5.97 Å². The fourth-order valence-corrected chi connectivity index (χ4v) is 2.21. The SMILES string of the molecule is COC1CCCC(OC(=O)C(N)CCS)C1. The second kappa shape index (κ2) is 7.14. The lowest BCUT2D eigenvalue weighted by molar-refractivity contribution is -0.154. The highest BCUT2D eigenvalue weighted by atomic mass is 32.1. The number of carbonyl (C=O) groups excluding carboxylic acids is 1. The Morgan fingerprint density at radius 2 is 2.19 bits per heavy atom. The van der Waals surface area contributed by atoms with E-state index in [1.807, 2.05) is 0 Å². The topological polar surface area (TPSA) is 61.5 Å². The molecule has 0 bridgehead atoms. The number of ether oxygens (including phenoxy) is 2. The molecule has 3 unspecified atom stereocenters. The molecular formula is C11H21NO3S. The average Bonchev–Trinajstić information content (AvgIpc) is 2.29. The predicted octanol–water partition coefficient (Wildman–Crippen LogP) is 1.13. The number of thiol groups is 1. The van der Waals surface area contributed by atoms with Gasteiger partial charge in [-0.25, -0.2) is 0 Å². The van der Waals surface area contributed by atoms with Crippen molar-refractivity contribution in [2.75, 3.05) is 12.9 Å². The van der Waals surface area contributed by atoms with Crippen LogP contribution in [0.25, 0.3) is 0 Å². The molecule has 4 nitrogen and oxygen atoms in total. The van der Waals surface area contributed by atoms with Gasteiger partial charge in [-0.3, -0.25) is 4.79 Å². The van der Waals surface area contributed by atoms with Crippen LogP contribution in [0.1, 0.15) is 32.1 Å². The van der Waals surface area contributed by atoms with Gasteiger partial charge in [0.05, 0.1) is 6.10 Å². The van der Waals surface area contributed by atoms with Crippen molar-refractivity contribution in [2.45, 2.75) is 50.4 Å². The van der Waals surface area contributed by atoms with Crippen LogP contribution in [0.3, 0.4) is 0 Å². The lowest BCUT2D eigenvalue weighted by Crippen LogP contribution is -2.37. The van der Waals surface area contributed by atoms with Crippen LogP contribution < -0.4 is 5.73 Å². The molecule has 0 aliphatic heterocycles. The first kappa shape index (κ1) is 13.8. The molecule has 1 rings (SSSR count). The molecule has 0 aromatic heterocycles. The van der Waals surface area contributed by atoms with E-state index in [9.17, 15) is 4.79 Å². The van der Waals surface area contributed by atoms with Gasteiger partial charge < -0.3 is 15.2 Å². The summed E-state index contributed by atoms with van der Waals surface area (Å²) in [7, 11) is 1.70. The molecule has 1 aliphatic carbocycles. The molecule has 0 amide bonds. The molecule has 0 heterocycles. The van der Waals surface area contributed by atoms with Gasteiger partial charge in [0.1, 0.15) is 12.1 Å². The van der Waals surface area contributed by atoms with Gasteiger partial charge in [-0.15, -0.1) is 0 Å². The fraction of sp³-hybridized carbons (Fsp3) is 0.909. The summed E-state index contributed by atoms with van der Waals surface area (Å²) in [6.45, 7) is 0. The average molecular weight is 247 g/mol. The summed E-state index contributed by atoms with van der Waals surface area (Å²) in [4.78, 5) is 11.6. The normalized spacial score (nSPS) is 27.4. The number of hydrogen-bond acceptors (Lipinski definition) is 5. The van der Waals surface area contributed by atoms with Crippen molar-refractivity contribution in [1.29, 1.82) is 0 Å². The summed E-state index contributed by atoms with van der Waals surface area (Å²) in [5, 5.41) is 0. The van der Waals surface area contributed by atoms with E-state index in [-0.39, 0.29) is 18.2 Å². The molecule has 5 heteroatoms. The van der Waals surface area contributed by atoms with Crippen LogP contribution in [0.4, 0.5) is 0 Å². The van der Waals surface area contributed by atoms with Gasteiger partial charge in [0.2, 0.25) is 0 Å². The van der Waals surface area contributed by atoms with Crippen LogP contribution in [0.2, 0.25) is 0 Å². The van der Waals surface area contributed by atoms with Crippen LogP contribution in [0.15, 0.2) is 0 Å². The quantitative estimate of drug-likeness (QED) is 0.565. The number of esters is 1. The Bertz CT molecular complexity index is 225. The molecule has 1 saturated carbocycles. The Labute approximate surface area is 102 Å². The minimum Gasteiger partial charge on any atom is -0.461 e. The Kier molecular flexibility index (Phi) is 6.16. The maximum atomic E-state index is 11.6. The summed E-state index contributed by atoms with van der Waals surface area (Å²) < 4.78 is 10.6. The largest absolute Gasteiger partial charge is 0.461 e. The summed E-state index contributed by atoms with van der Waals surface area (Å²) >= 11 is 4.04. The van der Waals surface area contributed by atoms with Gasteiger partial charge in [-0.2, -0.15) is 12.6 Å². The van der Waals surface area contributed by atoms with E-state index in [1.165, 1.54) is 0 Å². The van der Waals surface area contributed by atoms with Gasteiger partial charge in [0.15, 0.2) is 0 Å². The van der Waals surface area contributed by atoms with Crippen LogP contribution in [0, 0.1) is 0 Å². The van der Waals surface area contributed by atoms with Crippen LogP contribution in [-0.2, 0) is 14.3 Å². The zero-order chi connectivity index (χ0) is 12.0. The molecule has 94 valence electrons. The van der Waals surface area contributed by atoms with E-state index >= 15 is 0 Å². The van der Waals surface area contributed by atoms with Crippen LogP contribution in [-0.4, -0.2) is 37.1 Å². The highest BCUT2D eigenvalue weighted by molar-refractivity contribution is 7.80. The third kappa shape index (κ3) is 4.31. The highest BCUT2D eigenvalue weighted by Gasteiger charge is 2.26. The van der Waals surface area contributed by atoms with Crippen molar-refractivity contribution in [3.05, 3.63) is 0 Å². The molecule has 0 aromatic rings. The van der Waals surface area contributed by atoms with Crippen molar-refractivity contribution >= 4 is 18.6 Å². The second-order valence-electron chi connectivity index (χ2n) is 4.20. The Morgan fingerprint density at radius 3 is 2.81 bits per heavy atom. The first-order valence-corrected chi connectivity index (χ1v) is 6.40. The zero-order valence-corrected chi connectivity index (χ0v) is 10.6. The van der Waals surface area contributed by atoms with Crippen LogP contribution >= 0.6 is 12.6 Å². The van der Waals surface area contributed by atoms with Crippen LogP contribution in [0.5, 0.6) is 0 Å². The smallest absolute Gasteiger partial charge is 0.323 e. The minimum absolute atomic E-state index is 0.0304. The Morgan fingerprint density at radius 1 is 1.50 bits per heavy atom. The monoisotopic (exact) mass is 247 g/mol. The number of hydrogen-bond donors (Lipinski definition) is 2. The fourth-order valence-electron chi connectivity index (χ4n) is 1.93. The summed E-state index contributed by atoms with van der Waals surface area (Å²) in [6, 6.07) is -0.541. The van der Waals surface area contributed by atoms with Gasteiger partial charge in [-0.05, 0) is 31.4 Å². The molecule has 1 fully saturated rings. The molecule has 0 spiro atoms. The number of methoxy groups -OCH3 is 1. The first-order chi connectivity index (χ1) is 7.67. The van der Waals surface area contributed by atoms with E-state index in [1.54, 1.807) is 7.11 Å². The van der Waals surface area contributed by atoms with Gasteiger partial charge in [0.25, 0.3) is 0 Å². The van der Waals surface area contributed by atoms with Crippen molar-refractivity contribution < 1.29 is 14.3 Å². The lowest BCUT2D eigenvalue weighted by atomic mass is 9.95. The molecule has 3 atom stereocenters. The molecule has 16 heavy (non-hydrogen) atoms. The van der Waals surface area contributed by atoms with Crippen molar-refractivity contribution in [1.82, 2.24) is 0 Å². The Hall–Kier alpha value is -0.260. The summed E-state index contributed by atoms with van der Waals surface area (Å²) in [5.41, 5.74) is 5.66. The molecule has 2 N–H and O–H groups in total. The van der Waals surface area contributed by atoms with E-state index < -0.39 is 6.04 Å². The molecular weight excluding hydrogens is 226 g/mol.